The second-order valence-corrected chi connectivity index (χ2v) is 7.00. The van der Waals surface area contributed by atoms with Crippen LogP contribution in [0.3, 0.4) is 0 Å². The molecule has 1 N–H and O–H groups in total. The van der Waals surface area contributed by atoms with Gasteiger partial charge in [-0.2, -0.15) is 0 Å². The van der Waals surface area contributed by atoms with Crippen LogP contribution in [0.25, 0.3) is 0 Å². The largest absolute Gasteiger partial charge is 0.495 e. The maximum atomic E-state index is 13.1. The molecule has 0 fully saturated rings. The van der Waals surface area contributed by atoms with E-state index in [1.807, 2.05) is 36.4 Å². The minimum Gasteiger partial charge on any atom is -0.495 e. The zero-order valence-corrected chi connectivity index (χ0v) is 16.0. The van der Waals surface area contributed by atoms with Gasteiger partial charge in [-0.05, 0) is 48.5 Å². The average Bonchev–Trinajstić information content (AvgIpc) is 2.95. The number of hydrogen-bond acceptors (Lipinski definition) is 3. The van der Waals surface area contributed by atoms with E-state index >= 15 is 0 Å². The fourth-order valence-corrected chi connectivity index (χ4v) is 3.57. The highest BCUT2D eigenvalue weighted by Gasteiger charge is 2.37. The molecule has 1 atom stereocenters. The lowest BCUT2D eigenvalue weighted by molar-refractivity contribution is 0.0993. The molecule has 3 aromatic rings. The number of methoxy groups -OCH3 is 1. The fourth-order valence-electron chi connectivity index (χ4n) is 3.27. The average molecular weight is 399 g/mol. The Kier molecular flexibility index (Phi) is 4.68. The molecular weight excluding hydrogens is 383 g/mol. The quantitative estimate of drug-likeness (QED) is 0.605. The van der Waals surface area contributed by atoms with Gasteiger partial charge < -0.3 is 10.1 Å². The van der Waals surface area contributed by atoms with Crippen LogP contribution in [0.5, 0.6) is 5.75 Å². The molecule has 1 amide bonds. The number of benzene rings is 3. The third kappa shape index (κ3) is 3.22. The zero-order chi connectivity index (χ0) is 19.0. The number of halogens is 2. The summed E-state index contributed by atoms with van der Waals surface area (Å²) in [4.78, 5) is 14.8. The van der Waals surface area contributed by atoms with Gasteiger partial charge in [0.05, 0.1) is 12.8 Å². The lowest BCUT2D eigenvalue weighted by Crippen LogP contribution is -2.32. The number of carbonyl (C=O) groups excluding carboxylic acids is 1. The predicted octanol–water partition coefficient (Wildman–Crippen LogP) is 5.77. The Morgan fingerprint density at radius 3 is 2.41 bits per heavy atom. The highest BCUT2D eigenvalue weighted by Crippen LogP contribution is 2.40. The van der Waals surface area contributed by atoms with Crippen LogP contribution in [-0.2, 0) is 0 Å². The first kappa shape index (κ1) is 17.7. The van der Waals surface area contributed by atoms with Gasteiger partial charge in [0.2, 0.25) is 0 Å². The zero-order valence-electron chi connectivity index (χ0n) is 14.4. The van der Waals surface area contributed by atoms with E-state index in [1.165, 1.54) is 0 Å². The number of amides is 1. The normalized spacial score (nSPS) is 15.6. The molecule has 0 saturated carbocycles. The van der Waals surface area contributed by atoms with Crippen LogP contribution in [0.2, 0.25) is 10.0 Å². The van der Waals surface area contributed by atoms with Gasteiger partial charge in [-0.25, -0.2) is 0 Å². The van der Waals surface area contributed by atoms with Gasteiger partial charge in [0, 0.05) is 26.9 Å². The van der Waals surface area contributed by atoms with Crippen molar-refractivity contribution in [3.05, 3.63) is 87.9 Å². The molecule has 0 unspecified atom stereocenters. The summed E-state index contributed by atoms with van der Waals surface area (Å²) in [7, 11) is 1.60. The Hall–Kier alpha value is -2.69. The summed E-state index contributed by atoms with van der Waals surface area (Å²) >= 11 is 12.2. The van der Waals surface area contributed by atoms with Crippen LogP contribution < -0.4 is 15.0 Å². The maximum absolute atomic E-state index is 13.1. The molecule has 6 heteroatoms. The number of hydrogen-bond donors (Lipinski definition) is 1. The van der Waals surface area contributed by atoms with Crippen LogP contribution in [0.15, 0.2) is 66.7 Å². The van der Waals surface area contributed by atoms with Crippen LogP contribution >= 0.6 is 23.2 Å². The Morgan fingerprint density at radius 2 is 1.67 bits per heavy atom. The first-order chi connectivity index (χ1) is 13.1. The first-order valence-electron chi connectivity index (χ1n) is 8.36. The number of nitrogens with zero attached hydrogens (tertiary/aromatic N) is 1. The molecule has 4 rings (SSSR count). The molecule has 3 aromatic carbocycles. The lowest BCUT2D eigenvalue weighted by Gasteiger charge is -2.28. The molecule has 0 saturated heterocycles. The van der Waals surface area contributed by atoms with E-state index in [2.05, 4.69) is 5.32 Å². The predicted molar refractivity (Wildman–Crippen MR) is 109 cm³/mol. The summed E-state index contributed by atoms with van der Waals surface area (Å²) in [6.45, 7) is 0. The van der Waals surface area contributed by atoms with E-state index in [1.54, 1.807) is 42.3 Å². The fraction of sp³-hybridized carbons (Fsp3) is 0.0952. The van der Waals surface area contributed by atoms with Gasteiger partial charge in [0.15, 0.2) is 0 Å². The molecule has 0 aliphatic carbocycles. The Labute approximate surface area is 167 Å². The molecule has 136 valence electrons. The molecule has 0 aromatic heterocycles. The summed E-state index contributed by atoms with van der Waals surface area (Å²) in [6, 6.07) is 20.1. The van der Waals surface area contributed by atoms with Crippen molar-refractivity contribution in [1.82, 2.24) is 0 Å². The number of rotatable bonds is 4. The molecule has 1 heterocycles. The van der Waals surface area contributed by atoms with Gasteiger partial charge >= 0.3 is 0 Å². The van der Waals surface area contributed by atoms with Gasteiger partial charge in [-0.3, -0.25) is 9.69 Å². The van der Waals surface area contributed by atoms with Crippen LogP contribution in [0.1, 0.15) is 22.1 Å². The molecule has 4 nitrogen and oxygen atoms in total. The van der Waals surface area contributed by atoms with Gasteiger partial charge in [0.25, 0.3) is 5.91 Å². The highest BCUT2D eigenvalue weighted by molar-refractivity contribution is 6.31. The molecule has 27 heavy (non-hydrogen) atoms. The third-order valence-corrected chi connectivity index (χ3v) is 5.01. The second-order valence-electron chi connectivity index (χ2n) is 6.13. The van der Waals surface area contributed by atoms with Gasteiger partial charge in [-0.1, -0.05) is 41.4 Å². The smallest absolute Gasteiger partial charge is 0.260 e. The molecule has 0 spiro atoms. The van der Waals surface area contributed by atoms with Gasteiger partial charge in [-0.15, -0.1) is 0 Å². The van der Waals surface area contributed by atoms with Crippen molar-refractivity contribution in [3.8, 4) is 5.75 Å². The molecule has 0 radical (unpaired) electrons. The summed E-state index contributed by atoms with van der Waals surface area (Å²) in [5, 5.41) is 4.61. The van der Waals surface area contributed by atoms with E-state index in [0.717, 1.165) is 11.3 Å². The van der Waals surface area contributed by atoms with Crippen LogP contribution in [-0.4, -0.2) is 13.0 Å². The SMILES string of the molecule is COc1ccc(Cl)cc1N[C@@H]1c2ccccc2C(=O)N1c1ccc(Cl)cc1. The number of fused-ring (bicyclic) bond motifs is 1. The van der Waals surface area contributed by atoms with E-state index in [9.17, 15) is 4.79 Å². The van der Waals surface area contributed by atoms with E-state index in [-0.39, 0.29) is 5.91 Å². The standard InChI is InChI=1S/C21H16Cl2N2O2/c1-27-19-11-8-14(23)12-18(19)24-20-16-4-2-3-5-17(16)21(26)25(20)15-9-6-13(22)7-10-15/h2-12,20,24H,1H3/t20-/m0/s1. The Balaban J connectivity index is 1.80. The van der Waals surface area contributed by atoms with E-state index < -0.39 is 6.17 Å². The van der Waals surface area contributed by atoms with Crippen molar-refractivity contribution in [3.63, 3.8) is 0 Å². The number of anilines is 2. The van der Waals surface area contributed by atoms with E-state index in [0.29, 0.717) is 27.0 Å². The maximum Gasteiger partial charge on any atom is 0.260 e. The van der Waals surface area contributed by atoms with Crippen LogP contribution in [0.4, 0.5) is 11.4 Å². The van der Waals surface area contributed by atoms with Crippen molar-refractivity contribution >= 4 is 40.5 Å². The lowest BCUT2D eigenvalue weighted by atomic mass is 10.1. The van der Waals surface area contributed by atoms with E-state index in [4.69, 9.17) is 27.9 Å². The third-order valence-electron chi connectivity index (χ3n) is 4.52. The summed E-state index contributed by atoms with van der Waals surface area (Å²) in [5.74, 6) is 0.568. The topological polar surface area (TPSA) is 41.6 Å². The summed E-state index contributed by atoms with van der Waals surface area (Å²) < 4.78 is 5.44. The van der Waals surface area contributed by atoms with Crippen LogP contribution in [0, 0.1) is 0 Å². The van der Waals surface area contributed by atoms with Crippen molar-refractivity contribution < 1.29 is 9.53 Å². The first-order valence-corrected chi connectivity index (χ1v) is 9.12. The minimum absolute atomic E-state index is 0.0774. The Morgan fingerprint density at radius 1 is 0.963 bits per heavy atom. The molecule has 0 bridgehead atoms. The minimum atomic E-state index is -0.401. The second kappa shape index (κ2) is 7.14. The van der Waals surface area contributed by atoms with Crippen molar-refractivity contribution in [2.45, 2.75) is 6.17 Å². The van der Waals surface area contributed by atoms with Crippen molar-refractivity contribution in [2.75, 3.05) is 17.3 Å². The number of nitrogens with one attached hydrogen (secondary N) is 1. The number of carbonyl (C=O) groups is 1. The monoisotopic (exact) mass is 398 g/mol. The molecule has 1 aliphatic rings. The Bertz CT molecular complexity index is 1010. The van der Waals surface area contributed by atoms with Crippen molar-refractivity contribution in [2.24, 2.45) is 0 Å². The molecular formula is C21H16Cl2N2O2. The summed E-state index contributed by atoms with van der Waals surface area (Å²) in [5.41, 5.74) is 3.00. The number of ether oxygens (including phenoxy) is 1. The molecule has 1 aliphatic heterocycles. The summed E-state index contributed by atoms with van der Waals surface area (Å²) in [6.07, 6.45) is -0.401. The highest BCUT2D eigenvalue weighted by atomic mass is 35.5. The van der Waals surface area contributed by atoms with Gasteiger partial charge in [0.1, 0.15) is 11.9 Å². The van der Waals surface area contributed by atoms with Crippen molar-refractivity contribution in [1.29, 1.82) is 0 Å².